The highest BCUT2D eigenvalue weighted by Gasteiger charge is 2.22. The first-order chi connectivity index (χ1) is 9.31. The van der Waals surface area contributed by atoms with Gasteiger partial charge in [0, 0.05) is 22.3 Å². The third kappa shape index (κ3) is 1.76. The van der Waals surface area contributed by atoms with Crippen molar-refractivity contribution in [2.45, 2.75) is 18.9 Å². The third-order valence-corrected chi connectivity index (χ3v) is 3.57. The molecule has 1 aliphatic rings. The highest BCUT2D eigenvalue weighted by molar-refractivity contribution is 6.09. The van der Waals surface area contributed by atoms with Crippen LogP contribution in [0.1, 0.15) is 18.5 Å². The molecule has 0 bridgehead atoms. The molecule has 2 aromatic heterocycles. The molecule has 0 spiro atoms. The van der Waals surface area contributed by atoms with Crippen LogP contribution in [-0.4, -0.2) is 21.8 Å². The highest BCUT2D eigenvalue weighted by atomic mass is 15.0. The number of hydrogen-bond acceptors (Lipinski definition) is 2. The molecule has 4 nitrogen and oxygen atoms in total. The predicted molar refractivity (Wildman–Crippen MR) is 76.6 cm³/mol. The lowest BCUT2D eigenvalue weighted by Gasteiger charge is -2.05. The molecule has 0 aliphatic heterocycles. The van der Waals surface area contributed by atoms with Crippen LogP contribution < -0.4 is 5.32 Å². The number of benzene rings is 1. The Hall–Kier alpha value is -2.36. The number of rotatable bonds is 2. The van der Waals surface area contributed by atoms with E-state index in [0.717, 1.165) is 29.3 Å². The summed E-state index contributed by atoms with van der Waals surface area (Å²) in [6, 6.07) is 10.7. The first-order valence-electron chi connectivity index (χ1n) is 6.53. The van der Waals surface area contributed by atoms with Crippen molar-refractivity contribution in [3.05, 3.63) is 42.2 Å². The van der Waals surface area contributed by atoms with Gasteiger partial charge in [-0.25, -0.2) is 0 Å². The van der Waals surface area contributed by atoms with E-state index in [4.69, 9.17) is 5.41 Å². The van der Waals surface area contributed by atoms with Crippen molar-refractivity contribution in [1.29, 1.82) is 5.41 Å². The zero-order valence-corrected chi connectivity index (χ0v) is 10.4. The first kappa shape index (κ1) is 10.6. The van der Waals surface area contributed by atoms with Gasteiger partial charge in [0.15, 0.2) is 0 Å². The number of nitrogens with one attached hydrogen (secondary N) is 3. The molecule has 3 aromatic rings. The molecule has 0 radical (unpaired) electrons. The maximum Gasteiger partial charge on any atom is 0.144 e. The smallest absolute Gasteiger partial charge is 0.144 e. The molecule has 4 rings (SSSR count). The largest absolute Gasteiger partial charge is 0.366 e. The summed E-state index contributed by atoms with van der Waals surface area (Å²) in [4.78, 5) is 7.71. The van der Waals surface area contributed by atoms with Gasteiger partial charge in [-0.3, -0.25) is 10.4 Å². The minimum absolute atomic E-state index is 0.426. The SMILES string of the molecule is N=C(NC1CC1)c1cc2c(cn1)[nH]c1ccccc12. The van der Waals surface area contributed by atoms with Crippen molar-refractivity contribution in [2.24, 2.45) is 0 Å². The van der Waals surface area contributed by atoms with E-state index in [1.165, 1.54) is 5.39 Å². The fourth-order valence-corrected chi connectivity index (χ4v) is 2.39. The summed E-state index contributed by atoms with van der Waals surface area (Å²) >= 11 is 0. The van der Waals surface area contributed by atoms with Gasteiger partial charge in [-0.05, 0) is 25.0 Å². The molecule has 94 valence electrons. The number of fused-ring (bicyclic) bond motifs is 3. The fraction of sp³-hybridized carbons (Fsp3) is 0.200. The maximum absolute atomic E-state index is 8.05. The van der Waals surface area contributed by atoms with Crippen molar-refractivity contribution < 1.29 is 0 Å². The van der Waals surface area contributed by atoms with Crippen LogP contribution in [0.25, 0.3) is 21.8 Å². The number of H-pyrrole nitrogens is 1. The Morgan fingerprint density at radius 2 is 2.05 bits per heavy atom. The quantitative estimate of drug-likeness (QED) is 0.483. The fourth-order valence-electron chi connectivity index (χ4n) is 2.39. The average Bonchev–Trinajstić information content (AvgIpc) is 3.17. The van der Waals surface area contributed by atoms with Gasteiger partial charge < -0.3 is 10.3 Å². The molecule has 0 amide bonds. The Kier molecular flexibility index (Phi) is 2.12. The number of aromatic amines is 1. The minimum atomic E-state index is 0.426. The molecule has 0 unspecified atom stereocenters. The van der Waals surface area contributed by atoms with E-state index in [2.05, 4.69) is 27.4 Å². The van der Waals surface area contributed by atoms with Crippen LogP contribution in [0, 0.1) is 5.41 Å². The van der Waals surface area contributed by atoms with Gasteiger partial charge in [0.2, 0.25) is 0 Å². The lowest BCUT2D eigenvalue weighted by molar-refractivity contribution is 0.896. The van der Waals surface area contributed by atoms with Gasteiger partial charge >= 0.3 is 0 Å². The number of para-hydroxylation sites is 1. The van der Waals surface area contributed by atoms with E-state index in [-0.39, 0.29) is 0 Å². The van der Waals surface area contributed by atoms with E-state index >= 15 is 0 Å². The second kappa shape index (κ2) is 3.82. The lowest BCUT2D eigenvalue weighted by atomic mass is 10.1. The molecule has 3 N–H and O–H groups in total. The van der Waals surface area contributed by atoms with Crippen molar-refractivity contribution in [1.82, 2.24) is 15.3 Å². The molecule has 0 atom stereocenters. The van der Waals surface area contributed by atoms with Gasteiger partial charge in [-0.1, -0.05) is 18.2 Å². The van der Waals surface area contributed by atoms with Crippen molar-refractivity contribution >= 4 is 27.6 Å². The van der Waals surface area contributed by atoms with Gasteiger partial charge in [0.1, 0.15) is 11.5 Å². The van der Waals surface area contributed by atoms with Crippen LogP contribution in [0.5, 0.6) is 0 Å². The molecule has 1 aromatic carbocycles. The van der Waals surface area contributed by atoms with Crippen LogP contribution >= 0.6 is 0 Å². The Balaban J connectivity index is 1.84. The van der Waals surface area contributed by atoms with Gasteiger partial charge in [-0.15, -0.1) is 0 Å². The summed E-state index contributed by atoms with van der Waals surface area (Å²) in [6.45, 7) is 0. The zero-order chi connectivity index (χ0) is 12.8. The van der Waals surface area contributed by atoms with E-state index in [9.17, 15) is 0 Å². The Morgan fingerprint density at radius 3 is 2.89 bits per heavy atom. The second-order valence-corrected chi connectivity index (χ2v) is 5.08. The summed E-state index contributed by atoms with van der Waals surface area (Å²) < 4.78 is 0. The first-order valence-corrected chi connectivity index (χ1v) is 6.53. The molecule has 2 heterocycles. The summed E-state index contributed by atoms with van der Waals surface area (Å²) in [5.74, 6) is 0.426. The summed E-state index contributed by atoms with van der Waals surface area (Å²) in [5, 5.41) is 13.5. The lowest BCUT2D eigenvalue weighted by Crippen LogP contribution is -2.26. The van der Waals surface area contributed by atoms with E-state index in [0.29, 0.717) is 17.6 Å². The number of nitrogens with zero attached hydrogens (tertiary/aromatic N) is 1. The normalized spacial score (nSPS) is 14.9. The average molecular weight is 250 g/mol. The molecule has 1 saturated carbocycles. The topological polar surface area (TPSA) is 64.6 Å². The molecule has 1 aliphatic carbocycles. The number of pyridine rings is 1. The van der Waals surface area contributed by atoms with Gasteiger partial charge in [-0.2, -0.15) is 0 Å². The molecule has 1 fully saturated rings. The van der Waals surface area contributed by atoms with Gasteiger partial charge in [0.05, 0.1) is 11.7 Å². The Bertz CT molecular complexity index is 783. The molecule has 19 heavy (non-hydrogen) atoms. The van der Waals surface area contributed by atoms with Crippen molar-refractivity contribution in [3.8, 4) is 0 Å². The number of hydrogen-bond donors (Lipinski definition) is 3. The van der Waals surface area contributed by atoms with E-state index < -0.39 is 0 Å². The third-order valence-electron chi connectivity index (χ3n) is 3.57. The van der Waals surface area contributed by atoms with Crippen molar-refractivity contribution in [2.75, 3.05) is 0 Å². The Morgan fingerprint density at radius 1 is 1.21 bits per heavy atom. The monoisotopic (exact) mass is 250 g/mol. The predicted octanol–water partition coefficient (Wildman–Crippen LogP) is 2.79. The molecular weight excluding hydrogens is 236 g/mol. The summed E-state index contributed by atoms with van der Waals surface area (Å²) in [5.41, 5.74) is 2.84. The number of amidine groups is 1. The van der Waals surface area contributed by atoms with Gasteiger partial charge in [0.25, 0.3) is 0 Å². The van der Waals surface area contributed by atoms with Crippen LogP contribution in [0.4, 0.5) is 0 Å². The standard InChI is InChI=1S/C15H14N4/c16-15(18-9-5-6-9)13-7-11-10-3-1-2-4-12(10)19-14(11)8-17-13/h1-4,7-9,19H,5-6H2,(H2,16,18). The summed E-state index contributed by atoms with van der Waals surface area (Å²) in [7, 11) is 0. The number of aromatic nitrogens is 2. The zero-order valence-electron chi connectivity index (χ0n) is 10.4. The van der Waals surface area contributed by atoms with E-state index in [1.54, 1.807) is 0 Å². The molecular formula is C15H14N4. The summed E-state index contributed by atoms with van der Waals surface area (Å²) in [6.07, 6.45) is 4.14. The molecule has 0 saturated heterocycles. The van der Waals surface area contributed by atoms with Crippen LogP contribution in [-0.2, 0) is 0 Å². The molecule has 4 heteroatoms. The van der Waals surface area contributed by atoms with Crippen molar-refractivity contribution in [3.63, 3.8) is 0 Å². The van der Waals surface area contributed by atoms with Crippen LogP contribution in [0.3, 0.4) is 0 Å². The van der Waals surface area contributed by atoms with Crippen LogP contribution in [0.2, 0.25) is 0 Å². The van der Waals surface area contributed by atoms with E-state index in [1.807, 2.05) is 24.4 Å². The highest BCUT2D eigenvalue weighted by Crippen LogP contribution is 2.25. The second-order valence-electron chi connectivity index (χ2n) is 5.08. The Labute approximate surface area is 110 Å². The van der Waals surface area contributed by atoms with Crippen LogP contribution in [0.15, 0.2) is 36.5 Å². The maximum atomic E-state index is 8.05. The minimum Gasteiger partial charge on any atom is -0.366 e.